The van der Waals surface area contributed by atoms with Crippen molar-refractivity contribution in [2.24, 2.45) is 10.7 Å². The summed E-state index contributed by atoms with van der Waals surface area (Å²) in [5.41, 5.74) is 5.67. The van der Waals surface area contributed by atoms with Crippen LogP contribution in [0.4, 0.5) is 0 Å². The molecular formula is C8H16N4O. The Labute approximate surface area is 78.2 Å². The highest BCUT2D eigenvalue weighted by atomic mass is 16.2. The topological polar surface area (TPSA) is 61.9 Å². The number of hydrogen-bond donors (Lipinski definition) is 1. The maximum Gasteiger partial charge on any atom is 0.242 e. The molecule has 1 saturated heterocycles. The molecule has 2 N–H and O–H groups in total. The van der Waals surface area contributed by atoms with Gasteiger partial charge < -0.3 is 15.5 Å². The minimum atomic E-state index is 0.0977. The van der Waals surface area contributed by atoms with Gasteiger partial charge in [-0.15, -0.1) is 0 Å². The Bertz CT molecular complexity index is 226. The third-order valence-electron chi connectivity index (χ3n) is 2.10. The number of carbonyl (C=O) groups excluding carboxylic acids is 1. The van der Waals surface area contributed by atoms with Gasteiger partial charge in [-0.05, 0) is 6.92 Å². The molecule has 1 aliphatic heterocycles. The number of rotatable bonds is 1. The molecule has 74 valence electrons. The number of guanidine groups is 1. The van der Waals surface area contributed by atoms with E-state index in [0.717, 1.165) is 13.1 Å². The van der Waals surface area contributed by atoms with Crippen LogP contribution in [0, 0.1) is 0 Å². The molecule has 13 heavy (non-hydrogen) atoms. The zero-order chi connectivity index (χ0) is 9.84. The summed E-state index contributed by atoms with van der Waals surface area (Å²) in [4.78, 5) is 18.9. The lowest BCUT2D eigenvalue weighted by atomic mass is 10.3. The van der Waals surface area contributed by atoms with Crippen molar-refractivity contribution in [1.82, 2.24) is 9.80 Å². The third-order valence-corrected chi connectivity index (χ3v) is 2.10. The standard InChI is InChI=1S/C8H16N4O/c1-3-10-8(9)12-5-4-11(2)7(13)6-12/h3-6H2,1-2H3,(H2,9,10). The third kappa shape index (κ3) is 2.34. The minimum absolute atomic E-state index is 0.0977. The first-order valence-electron chi connectivity index (χ1n) is 4.44. The van der Waals surface area contributed by atoms with Crippen LogP contribution in [0.3, 0.4) is 0 Å². The second kappa shape index (κ2) is 4.11. The molecule has 5 heteroatoms. The van der Waals surface area contributed by atoms with Crippen LogP contribution in [0.1, 0.15) is 6.92 Å². The van der Waals surface area contributed by atoms with Gasteiger partial charge in [-0.1, -0.05) is 0 Å². The van der Waals surface area contributed by atoms with Crippen molar-refractivity contribution in [3.63, 3.8) is 0 Å². The Morgan fingerprint density at radius 2 is 2.31 bits per heavy atom. The lowest BCUT2D eigenvalue weighted by molar-refractivity contribution is -0.132. The van der Waals surface area contributed by atoms with E-state index in [2.05, 4.69) is 4.99 Å². The molecule has 0 aromatic carbocycles. The molecule has 0 radical (unpaired) electrons. The maximum atomic E-state index is 11.3. The van der Waals surface area contributed by atoms with E-state index >= 15 is 0 Å². The number of aliphatic imine (C=N–C) groups is 1. The fourth-order valence-corrected chi connectivity index (χ4v) is 1.22. The molecule has 0 saturated carbocycles. The summed E-state index contributed by atoms with van der Waals surface area (Å²) in [5, 5.41) is 0. The molecule has 1 rings (SSSR count). The van der Waals surface area contributed by atoms with Gasteiger partial charge in [-0.25, -0.2) is 0 Å². The normalized spacial score (nSPS) is 19.5. The zero-order valence-electron chi connectivity index (χ0n) is 8.16. The van der Waals surface area contributed by atoms with Crippen LogP contribution in [0.25, 0.3) is 0 Å². The Kier molecular flexibility index (Phi) is 3.11. The predicted molar refractivity (Wildman–Crippen MR) is 51.4 cm³/mol. The van der Waals surface area contributed by atoms with Crippen molar-refractivity contribution in [2.75, 3.05) is 33.2 Å². The minimum Gasteiger partial charge on any atom is -0.370 e. The Morgan fingerprint density at radius 1 is 1.62 bits per heavy atom. The molecular weight excluding hydrogens is 168 g/mol. The van der Waals surface area contributed by atoms with Crippen molar-refractivity contribution in [3.05, 3.63) is 0 Å². The van der Waals surface area contributed by atoms with Gasteiger partial charge in [0.25, 0.3) is 0 Å². The van der Waals surface area contributed by atoms with Gasteiger partial charge in [0, 0.05) is 26.7 Å². The van der Waals surface area contributed by atoms with Gasteiger partial charge in [-0.2, -0.15) is 0 Å². The van der Waals surface area contributed by atoms with Crippen molar-refractivity contribution >= 4 is 11.9 Å². The average Bonchev–Trinajstić information content (AvgIpc) is 2.10. The lowest BCUT2D eigenvalue weighted by Gasteiger charge is -2.32. The van der Waals surface area contributed by atoms with Crippen LogP contribution < -0.4 is 5.73 Å². The van der Waals surface area contributed by atoms with Gasteiger partial charge in [0.05, 0.1) is 6.54 Å². The van der Waals surface area contributed by atoms with Gasteiger partial charge in [0.15, 0.2) is 5.96 Å². The van der Waals surface area contributed by atoms with Crippen LogP contribution in [-0.2, 0) is 4.79 Å². The molecule has 1 amide bonds. The molecule has 0 unspecified atom stereocenters. The number of piperazine rings is 1. The Balaban J connectivity index is 2.55. The summed E-state index contributed by atoms with van der Waals surface area (Å²) in [6.45, 7) is 4.43. The molecule has 1 aliphatic rings. The Hall–Kier alpha value is -1.26. The van der Waals surface area contributed by atoms with Crippen molar-refractivity contribution in [1.29, 1.82) is 0 Å². The SMILES string of the molecule is CCN=C(N)N1CCN(C)C(=O)C1. The average molecular weight is 184 g/mol. The summed E-state index contributed by atoms with van der Waals surface area (Å²) in [6.07, 6.45) is 0. The van der Waals surface area contributed by atoms with E-state index in [4.69, 9.17) is 5.73 Å². The summed E-state index contributed by atoms with van der Waals surface area (Å²) in [6, 6.07) is 0. The lowest BCUT2D eigenvalue weighted by Crippen LogP contribution is -2.52. The molecule has 1 fully saturated rings. The molecule has 0 spiro atoms. The van der Waals surface area contributed by atoms with Crippen molar-refractivity contribution in [2.45, 2.75) is 6.92 Å². The van der Waals surface area contributed by atoms with Crippen LogP contribution in [0.5, 0.6) is 0 Å². The molecule has 0 bridgehead atoms. The molecule has 0 aromatic heterocycles. The summed E-state index contributed by atoms with van der Waals surface area (Å²) >= 11 is 0. The molecule has 1 heterocycles. The fourth-order valence-electron chi connectivity index (χ4n) is 1.22. The van der Waals surface area contributed by atoms with E-state index in [1.54, 1.807) is 11.9 Å². The molecule has 0 aromatic rings. The van der Waals surface area contributed by atoms with Crippen LogP contribution in [-0.4, -0.2) is 54.9 Å². The number of likely N-dealkylation sites (N-methyl/N-ethyl adjacent to an activating group) is 1. The number of carbonyl (C=O) groups is 1. The van der Waals surface area contributed by atoms with Crippen LogP contribution in [0.2, 0.25) is 0 Å². The predicted octanol–water partition coefficient (Wildman–Crippen LogP) is -0.905. The van der Waals surface area contributed by atoms with Crippen LogP contribution >= 0.6 is 0 Å². The molecule has 0 atom stereocenters. The van der Waals surface area contributed by atoms with E-state index < -0.39 is 0 Å². The van der Waals surface area contributed by atoms with E-state index in [0.29, 0.717) is 19.0 Å². The van der Waals surface area contributed by atoms with Gasteiger partial charge in [0.2, 0.25) is 5.91 Å². The first-order chi connectivity index (χ1) is 6.15. The second-order valence-electron chi connectivity index (χ2n) is 3.07. The highest BCUT2D eigenvalue weighted by molar-refractivity contribution is 5.86. The van der Waals surface area contributed by atoms with E-state index in [-0.39, 0.29) is 5.91 Å². The summed E-state index contributed by atoms with van der Waals surface area (Å²) in [7, 11) is 1.80. The summed E-state index contributed by atoms with van der Waals surface area (Å²) < 4.78 is 0. The number of nitrogens with zero attached hydrogens (tertiary/aromatic N) is 3. The maximum absolute atomic E-state index is 11.3. The second-order valence-corrected chi connectivity index (χ2v) is 3.07. The van der Waals surface area contributed by atoms with Crippen molar-refractivity contribution in [3.8, 4) is 0 Å². The first-order valence-corrected chi connectivity index (χ1v) is 4.44. The smallest absolute Gasteiger partial charge is 0.242 e. The van der Waals surface area contributed by atoms with Crippen molar-refractivity contribution < 1.29 is 4.79 Å². The van der Waals surface area contributed by atoms with Gasteiger partial charge in [0.1, 0.15) is 0 Å². The molecule has 5 nitrogen and oxygen atoms in total. The number of amides is 1. The Morgan fingerprint density at radius 3 is 2.85 bits per heavy atom. The van der Waals surface area contributed by atoms with E-state index in [1.165, 1.54) is 0 Å². The quantitative estimate of drug-likeness (QED) is 0.424. The summed E-state index contributed by atoms with van der Waals surface area (Å²) in [5.74, 6) is 0.574. The van der Waals surface area contributed by atoms with E-state index in [1.807, 2.05) is 11.8 Å². The highest BCUT2D eigenvalue weighted by Gasteiger charge is 2.21. The largest absolute Gasteiger partial charge is 0.370 e. The number of nitrogens with two attached hydrogens (primary N) is 1. The van der Waals surface area contributed by atoms with E-state index in [9.17, 15) is 4.79 Å². The van der Waals surface area contributed by atoms with Crippen LogP contribution in [0.15, 0.2) is 4.99 Å². The zero-order valence-corrected chi connectivity index (χ0v) is 8.16. The number of hydrogen-bond acceptors (Lipinski definition) is 2. The first kappa shape index (κ1) is 9.83. The molecule has 0 aliphatic carbocycles. The monoisotopic (exact) mass is 184 g/mol. The van der Waals surface area contributed by atoms with Gasteiger partial charge in [-0.3, -0.25) is 9.79 Å². The fraction of sp³-hybridized carbons (Fsp3) is 0.750. The van der Waals surface area contributed by atoms with Gasteiger partial charge >= 0.3 is 0 Å². The highest BCUT2D eigenvalue weighted by Crippen LogP contribution is 1.99.